The third-order valence-corrected chi connectivity index (χ3v) is 1.85. The van der Waals surface area contributed by atoms with Gasteiger partial charge in [-0.15, -0.1) is 0 Å². The molecular weight excluding hydrogens is 140 g/mol. The van der Waals surface area contributed by atoms with Crippen LogP contribution in [0.4, 0.5) is 0 Å². The van der Waals surface area contributed by atoms with E-state index < -0.39 is 0 Å². The van der Waals surface area contributed by atoms with E-state index in [2.05, 4.69) is 19.3 Å². The Balaban J connectivity index is 3.81. The zero-order valence-electron chi connectivity index (χ0n) is 7.92. The van der Waals surface area contributed by atoms with Crippen LogP contribution in [-0.2, 0) is 4.74 Å². The Morgan fingerprint density at radius 3 is 2.18 bits per heavy atom. The summed E-state index contributed by atoms with van der Waals surface area (Å²) in [5, 5.41) is 0. The van der Waals surface area contributed by atoms with Crippen molar-refractivity contribution in [1.29, 1.82) is 0 Å². The highest BCUT2D eigenvalue weighted by molar-refractivity contribution is 4.74. The molecule has 0 saturated carbocycles. The summed E-state index contributed by atoms with van der Waals surface area (Å²) in [6.07, 6.45) is 0.185. The Labute approximate surface area is 69.3 Å². The Kier molecular flexibility index (Phi) is 5.46. The molecule has 0 fully saturated rings. The molecule has 2 unspecified atom stereocenters. The molecule has 3 N–H and O–H groups in total. The van der Waals surface area contributed by atoms with Crippen molar-refractivity contribution in [3.05, 3.63) is 0 Å². The number of hydrazine groups is 1. The zero-order chi connectivity index (χ0) is 8.85. The highest BCUT2D eigenvalue weighted by Gasteiger charge is 2.18. The Bertz CT molecular complexity index is 96.1. The first kappa shape index (κ1) is 10.9. The van der Waals surface area contributed by atoms with Gasteiger partial charge in [0.15, 0.2) is 0 Å². The Morgan fingerprint density at radius 2 is 1.91 bits per heavy atom. The van der Waals surface area contributed by atoms with E-state index in [9.17, 15) is 0 Å². The van der Waals surface area contributed by atoms with Crippen LogP contribution in [0.25, 0.3) is 0 Å². The fourth-order valence-electron chi connectivity index (χ4n) is 1.24. The van der Waals surface area contributed by atoms with Gasteiger partial charge in [0.25, 0.3) is 0 Å². The van der Waals surface area contributed by atoms with Crippen molar-refractivity contribution in [2.45, 2.75) is 39.8 Å². The summed E-state index contributed by atoms with van der Waals surface area (Å²) < 4.78 is 5.41. The molecule has 0 spiro atoms. The average Bonchev–Trinajstić information content (AvgIpc) is 1.88. The molecule has 0 aliphatic rings. The Hall–Kier alpha value is -0.120. The second-order valence-electron chi connectivity index (χ2n) is 3.10. The minimum absolute atomic E-state index is 0.185. The van der Waals surface area contributed by atoms with Gasteiger partial charge < -0.3 is 4.74 Å². The number of rotatable bonds is 5. The SMILES string of the molecule is CCOC(C)C(NN)C(C)C. The van der Waals surface area contributed by atoms with Crippen LogP contribution in [0.15, 0.2) is 0 Å². The third-order valence-electron chi connectivity index (χ3n) is 1.85. The summed E-state index contributed by atoms with van der Waals surface area (Å²) in [5.74, 6) is 5.88. The number of nitrogens with two attached hydrogens (primary N) is 1. The molecule has 0 aromatic heterocycles. The molecule has 3 nitrogen and oxygen atoms in total. The predicted octanol–water partition coefficient (Wildman–Crippen LogP) is 0.899. The lowest BCUT2D eigenvalue weighted by Crippen LogP contribution is -2.47. The van der Waals surface area contributed by atoms with Gasteiger partial charge in [0.1, 0.15) is 0 Å². The number of hydrogen-bond donors (Lipinski definition) is 2. The monoisotopic (exact) mass is 160 g/mol. The first-order chi connectivity index (χ1) is 5.13. The molecule has 0 aromatic rings. The lowest BCUT2D eigenvalue weighted by molar-refractivity contribution is 0.0347. The van der Waals surface area contributed by atoms with Crippen molar-refractivity contribution >= 4 is 0 Å². The molecule has 0 rings (SSSR count). The summed E-state index contributed by atoms with van der Waals surface area (Å²) in [6.45, 7) is 9.02. The largest absolute Gasteiger partial charge is 0.377 e. The van der Waals surface area contributed by atoms with Gasteiger partial charge in [-0.05, 0) is 19.8 Å². The van der Waals surface area contributed by atoms with Gasteiger partial charge >= 0.3 is 0 Å². The quantitative estimate of drug-likeness (QED) is 0.464. The van der Waals surface area contributed by atoms with Crippen molar-refractivity contribution in [3.8, 4) is 0 Å². The zero-order valence-corrected chi connectivity index (χ0v) is 7.92. The maximum atomic E-state index is 5.41. The fraction of sp³-hybridized carbons (Fsp3) is 1.00. The molecule has 0 aliphatic heterocycles. The molecule has 3 heteroatoms. The van der Waals surface area contributed by atoms with Gasteiger partial charge in [0.05, 0.1) is 6.10 Å². The topological polar surface area (TPSA) is 47.3 Å². The van der Waals surface area contributed by atoms with E-state index in [1.807, 2.05) is 13.8 Å². The van der Waals surface area contributed by atoms with Crippen LogP contribution in [0, 0.1) is 5.92 Å². The van der Waals surface area contributed by atoms with Crippen LogP contribution in [-0.4, -0.2) is 18.8 Å². The molecule has 0 amide bonds. The predicted molar refractivity (Wildman–Crippen MR) is 47.0 cm³/mol. The summed E-state index contributed by atoms with van der Waals surface area (Å²) >= 11 is 0. The van der Waals surface area contributed by atoms with E-state index in [0.29, 0.717) is 5.92 Å². The minimum atomic E-state index is 0.185. The molecule has 0 aliphatic carbocycles. The normalized spacial score (nSPS) is 16.9. The van der Waals surface area contributed by atoms with Gasteiger partial charge in [-0.1, -0.05) is 13.8 Å². The second kappa shape index (κ2) is 5.52. The summed E-state index contributed by atoms with van der Waals surface area (Å²) in [4.78, 5) is 0. The number of hydrogen-bond acceptors (Lipinski definition) is 3. The van der Waals surface area contributed by atoms with E-state index in [4.69, 9.17) is 10.6 Å². The molecule has 11 heavy (non-hydrogen) atoms. The molecular formula is C8H20N2O. The highest BCUT2D eigenvalue weighted by atomic mass is 16.5. The van der Waals surface area contributed by atoms with Crippen molar-refractivity contribution < 1.29 is 4.74 Å². The maximum absolute atomic E-state index is 5.41. The first-order valence-electron chi connectivity index (χ1n) is 4.21. The van der Waals surface area contributed by atoms with Crippen LogP contribution < -0.4 is 11.3 Å². The van der Waals surface area contributed by atoms with Gasteiger partial charge in [0.2, 0.25) is 0 Å². The standard InChI is InChI=1S/C8H20N2O/c1-5-11-7(4)8(10-9)6(2)3/h6-8,10H,5,9H2,1-4H3. The summed E-state index contributed by atoms with van der Waals surface area (Å²) in [6, 6.07) is 0.245. The highest BCUT2D eigenvalue weighted by Crippen LogP contribution is 2.07. The van der Waals surface area contributed by atoms with Crippen molar-refractivity contribution in [2.24, 2.45) is 11.8 Å². The number of nitrogens with one attached hydrogen (secondary N) is 1. The van der Waals surface area contributed by atoms with E-state index in [-0.39, 0.29) is 12.1 Å². The second-order valence-corrected chi connectivity index (χ2v) is 3.10. The van der Waals surface area contributed by atoms with E-state index in [0.717, 1.165) is 6.61 Å². The van der Waals surface area contributed by atoms with Crippen LogP contribution >= 0.6 is 0 Å². The molecule has 0 radical (unpaired) electrons. The number of ether oxygens (including phenoxy) is 1. The third kappa shape index (κ3) is 3.70. The lowest BCUT2D eigenvalue weighted by Gasteiger charge is -2.26. The van der Waals surface area contributed by atoms with Crippen LogP contribution in [0.1, 0.15) is 27.7 Å². The van der Waals surface area contributed by atoms with Crippen molar-refractivity contribution in [1.82, 2.24) is 5.43 Å². The minimum Gasteiger partial charge on any atom is -0.377 e. The van der Waals surface area contributed by atoms with Crippen LogP contribution in [0.2, 0.25) is 0 Å². The molecule has 0 aromatic carbocycles. The van der Waals surface area contributed by atoms with Crippen molar-refractivity contribution in [3.63, 3.8) is 0 Å². The molecule has 0 saturated heterocycles. The van der Waals surface area contributed by atoms with Gasteiger partial charge in [-0.2, -0.15) is 0 Å². The van der Waals surface area contributed by atoms with Gasteiger partial charge in [-0.25, -0.2) is 0 Å². The fourth-order valence-corrected chi connectivity index (χ4v) is 1.24. The average molecular weight is 160 g/mol. The smallest absolute Gasteiger partial charge is 0.0715 e. The Morgan fingerprint density at radius 1 is 1.36 bits per heavy atom. The van der Waals surface area contributed by atoms with Gasteiger partial charge in [0, 0.05) is 12.6 Å². The van der Waals surface area contributed by atoms with Crippen molar-refractivity contribution in [2.75, 3.05) is 6.61 Å². The van der Waals surface area contributed by atoms with E-state index in [1.165, 1.54) is 0 Å². The van der Waals surface area contributed by atoms with E-state index >= 15 is 0 Å². The maximum Gasteiger partial charge on any atom is 0.0715 e. The molecule has 0 heterocycles. The van der Waals surface area contributed by atoms with Crippen LogP contribution in [0.3, 0.4) is 0 Å². The van der Waals surface area contributed by atoms with E-state index in [1.54, 1.807) is 0 Å². The summed E-state index contributed by atoms with van der Waals surface area (Å²) in [7, 11) is 0. The summed E-state index contributed by atoms with van der Waals surface area (Å²) in [5.41, 5.74) is 2.76. The van der Waals surface area contributed by atoms with Crippen LogP contribution in [0.5, 0.6) is 0 Å². The molecule has 68 valence electrons. The molecule has 2 atom stereocenters. The molecule has 0 bridgehead atoms. The lowest BCUT2D eigenvalue weighted by atomic mass is 10.0. The van der Waals surface area contributed by atoms with Gasteiger partial charge in [-0.3, -0.25) is 11.3 Å². The first-order valence-corrected chi connectivity index (χ1v) is 4.21.